The van der Waals surface area contributed by atoms with Gasteiger partial charge in [-0.1, -0.05) is 0 Å². The van der Waals surface area contributed by atoms with Crippen molar-refractivity contribution in [1.29, 1.82) is 0 Å². The number of fused-ring (bicyclic) bond motifs is 1. The van der Waals surface area contributed by atoms with Crippen LogP contribution in [0.4, 0.5) is 8.78 Å². The fourth-order valence-corrected chi connectivity index (χ4v) is 3.81. The zero-order valence-electron chi connectivity index (χ0n) is 13.0. The maximum atomic E-state index is 13.2. The fourth-order valence-electron chi connectivity index (χ4n) is 3.81. The van der Waals surface area contributed by atoms with Gasteiger partial charge in [0.05, 0.1) is 23.5 Å². The molecule has 3 saturated carbocycles. The number of carboxylic acids is 1. The first-order valence-electron chi connectivity index (χ1n) is 8.26. The van der Waals surface area contributed by atoms with Gasteiger partial charge in [-0.05, 0) is 37.8 Å². The number of alkyl halides is 2. The minimum absolute atomic E-state index is 0.191. The molecule has 1 aromatic heterocycles. The van der Waals surface area contributed by atoms with Crippen molar-refractivity contribution in [2.75, 3.05) is 0 Å². The number of carbonyl (C=O) groups is 2. The maximum absolute atomic E-state index is 13.2. The SMILES string of the molecule is O=C(O)c1ccc(CNC(=O)C2C[C@@H]3[C@H](C2)C3(F)F)nc1C1CC1. The first-order chi connectivity index (χ1) is 11.4. The third-order valence-corrected chi connectivity index (χ3v) is 5.43. The van der Waals surface area contributed by atoms with E-state index in [0.717, 1.165) is 12.8 Å². The molecule has 0 aliphatic heterocycles. The Morgan fingerprint density at radius 1 is 1.25 bits per heavy atom. The van der Waals surface area contributed by atoms with Gasteiger partial charge in [0.15, 0.2) is 0 Å². The van der Waals surface area contributed by atoms with Gasteiger partial charge in [-0.3, -0.25) is 9.78 Å². The highest BCUT2D eigenvalue weighted by Crippen LogP contribution is 2.65. The Bertz CT molecular complexity index is 704. The Morgan fingerprint density at radius 3 is 2.50 bits per heavy atom. The highest BCUT2D eigenvalue weighted by molar-refractivity contribution is 5.89. The summed E-state index contributed by atoms with van der Waals surface area (Å²) in [7, 11) is 0. The summed E-state index contributed by atoms with van der Waals surface area (Å²) in [5.41, 5.74) is 1.39. The molecule has 0 spiro atoms. The highest BCUT2D eigenvalue weighted by Gasteiger charge is 2.72. The third-order valence-electron chi connectivity index (χ3n) is 5.43. The van der Waals surface area contributed by atoms with Crippen LogP contribution in [0.2, 0.25) is 0 Å². The number of hydrogen-bond acceptors (Lipinski definition) is 3. The van der Waals surface area contributed by atoms with E-state index in [1.165, 1.54) is 6.07 Å². The van der Waals surface area contributed by atoms with Crippen molar-refractivity contribution in [3.05, 3.63) is 29.1 Å². The molecule has 3 aliphatic rings. The summed E-state index contributed by atoms with van der Waals surface area (Å²) >= 11 is 0. The second-order valence-electron chi connectivity index (χ2n) is 7.09. The number of aromatic nitrogens is 1. The van der Waals surface area contributed by atoms with Gasteiger partial charge in [0.1, 0.15) is 0 Å². The number of halogens is 2. The molecule has 7 heteroatoms. The van der Waals surface area contributed by atoms with Crippen LogP contribution < -0.4 is 5.32 Å². The minimum Gasteiger partial charge on any atom is -0.478 e. The van der Waals surface area contributed by atoms with Gasteiger partial charge in [-0.25, -0.2) is 13.6 Å². The van der Waals surface area contributed by atoms with Crippen LogP contribution in [0.25, 0.3) is 0 Å². The monoisotopic (exact) mass is 336 g/mol. The van der Waals surface area contributed by atoms with E-state index in [2.05, 4.69) is 10.3 Å². The average Bonchev–Trinajstić information content (AvgIpc) is 3.40. The molecule has 0 saturated heterocycles. The van der Waals surface area contributed by atoms with Crippen LogP contribution in [-0.4, -0.2) is 27.9 Å². The van der Waals surface area contributed by atoms with Crippen molar-refractivity contribution >= 4 is 11.9 Å². The van der Waals surface area contributed by atoms with Crippen LogP contribution in [0.1, 0.15) is 53.3 Å². The quantitative estimate of drug-likeness (QED) is 0.866. The lowest BCUT2D eigenvalue weighted by Crippen LogP contribution is -2.31. The van der Waals surface area contributed by atoms with E-state index in [1.807, 2.05) is 0 Å². The Hall–Kier alpha value is -2.05. The molecule has 4 rings (SSSR count). The Balaban J connectivity index is 1.37. The van der Waals surface area contributed by atoms with E-state index >= 15 is 0 Å². The van der Waals surface area contributed by atoms with E-state index in [1.54, 1.807) is 6.07 Å². The summed E-state index contributed by atoms with van der Waals surface area (Å²) in [4.78, 5) is 27.7. The summed E-state index contributed by atoms with van der Waals surface area (Å²) in [5, 5.41) is 11.9. The Morgan fingerprint density at radius 2 is 1.92 bits per heavy atom. The van der Waals surface area contributed by atoms with E-state index in [-0.39, 0.29) is 42.7 Å². The topological polar surface area (TPSA) is 79.3 Å². The summed E-state index contributed by atoms with van der Waals surface area (Å²) < 4.78 is 26.3. The van der Waals surface area contributed by atoms with E-state index in [0.29, 0.717) is 11.4 Å². The van der Waals surface area contributed by atoms with Crippen molar-refractivity contribution < 1.29 is 23.5 Å². The van der Waals surface area contributed by atoms with Gasteiger partial charge in [0.25, 0.3) is 5.92 Å². The number of nitrogens with zero attached hydrogens (tertiary/aromatic N) is 1. The standard InChI is InChI=1S/C17H18F2N2O3/c18-17(19)12-5-9(6-13(12)17)15(22)20-7-10-3-4-11(16(23)24)14(21-10)8-1-2-8/h3-4,8-9,12-13H,1-2,5-7H2,(H,20,22)(H,23,24)/t9?,12-,13+. The predicted molar refractivity (Wildman–Crippen MR) is 79.7 cm³/mol. The largest absolute Gasteiger partial charge is 0.478 e. The summed E-state index contributed by atoms with van der Waals surface area (Å²) in [6, 6.07) is 3.12. The summed E-state index contributed by atoms with van der Waals surface area (Å²) in [6.07, 6.45) is 2.37. The van der Waals surface area contributed by atoms with E-state index in [9.17, 15) is 23.5 Å². The molecule has 0 aromatic carbocycles. The van der Waals surface area contributed by atoms with Gasteiger partial charge in [0, 0.05) is 23.7 Å². The number of aromatic carboxylic acids is 1. The lowest BCUT2D eigenvalue weighted by atomic mass is 10.0. The van der Waals surface area contributed by atoms with Crippen LogP contribution in [-0.2, 0) is 11.3 Å². The van der Waals surface area contributed by atoms with Crippen LogP contribution >= 0.6 is 0 Å². The first-order valence-corrected chi connectivity index (χ1v) is 8.26. The fraction of sp³-hybridized carbons (Fsp3) is 0.588. The van der Waals surface area contributed by atoms with Crippen molar-refractivity contribution in [2.45, 2.75) is 44.1 Å². The highest BCUT2D eigenvalue weighted by atomic mass is 19.3. The van der Waals surface area contributed by atoms with Crippen molar-refractivity contribution in [2.24, 2.45) is 17.8 Å². The van der Waals surface area contributed by atoms with E-state index in [4.69, 9.17) is 0 Å². The molecule has 1 amide bonds. The average molecular weight is 336 g/mol. The molecule has 128 valence electrons. The molecular weight excluding hydrogens is 318 g/mol. The molecule has 3 atom stereocenters. The molecule has 2 N–H and O–H groups in total. The molecule has 1 heterocycles. The second kappa shape index (κ2) is 5.22. The lowest BCUT2D eigenvalue weighted by Gasteiger charge is -2.14. The van der Waals surface area contributed by atoms with Gasteiger partial charge < -0.3 is 10.4 Å². The van der Waals surface area contributed by atoms with Crippen LogP contribution in [0, 0.1) is 17.8 Å². The zero-order chi connectivity index (χ0) is 17.1. The number of hydrogen-bond donors (Lipinski definition) is 2. The predicted octanol–water partition coefficient (Wildman–Crippen LogP) is 2.56. The third kappa shape index (κ3) is 2.56. The van der Waals surface area contributed by atoms with Crippen molar-refractivity contribution in [1.82, 2.24) is 10.3 Å². The first kappa shape index (κ1) is 15.5. The molecule has 0 bridgehead atoms. The van der Waals surface area contributed by atoms with Crippen molar-refractivity contribution in [3.63, 3.8) is 0 Å². The molecule has 3 fully saturated rings. The van der Waals surface area contributed by atoms with Crippen LogP contribution in [0.3, 0.4) is 0 Å². The molecule has 1 unspecified atom stereocenters. The van der Waals surface area contributed by atoms with Gasteiger partial charge in [0.2, 0.25) is 5.91 Å². The molecule has 24 heavy (non-hydrogen) atoms. The number of amides is 1. The van der Waals surface area contributed by atoms with Gasteiger partial charge >= 0.3 is 5.97 Å². The minimum atomic E-state index is -2.57. The van der Waals surface area contributed by atoms with Gasteiger partial charge in [-0.15, -0.1) is 0 Å². The molecule has 3 aliphatic carbocycles. The summed E-state index contributed by atoms with van der Waals surface area (Å²) in [6.45, 7) is 0.195. The lowest BCUT2D eigenvalue weighted by molar-refractivity contribution is -0.125. The number of carboxylic acid groups (broad SMARTS) is 1. The number of rotatable bonds is 5. The van der Waals surface area contributed by atoms with Gasteiger partial charge in [-0.2, -0.15) is 0 Å². The summed E-state index contributed by atoms with van der Waals surface area (Å²) in [5.74, 6) is -5.17. The second-order valence-corrected chi connectivity index (χ2v) is 7.09. The molecule has 0 radical (unpaired) electrons. The van der Waals surface area contributed by atoms with Crippen LogP contribution in [0.5, 0.6) is 0 Å². The molecular formula is C17H18F2N2O3. The Labute approximate surface area is 137 Å². The maximum Gasteiger partial charge on any atom is 0.337 e. The zero-order valence-corrected chi connectivity index (χ0v) is 13.0. The Kier molecular flexibility index (Phi) is 3.37. The van der Waals surface area contributed by atoms with Crippen LogP contribution in [0.15, 0.2) is 12.1 Å². The number of nitrogens with one attached hydrogen (secondary N) is 1. The van der Waals surface area contributed by atoms with E-state index < -0.39 is 23.7 Å². The smallest absolute Gasteiger partial charge is 0.337 e. The number of carbonyl (C=O) groups excluding carboxylic acids is 1. The normalized spacial score (nSPS) is 29.8. The molecule has 1 aromatic rings. The molecule has 5 nitrogen and oxygen atoms in total. The number of pyridine rings is 1. The van der Waals surface area contributed by atoms with Crippen molar-refractivity contribution in [3.8, 4) is 0 Å².